The molecule has 238 valence electrons. The molecule has 0 aromatic heterocycles. The quantitative estimate of drug-likeness (QED) is 0.440. The number of benzene rings is 2. The number of fused-ring (bicyclic) bond motifs is 4. The van der Waals surface area contributed by atoms with Gasteiger partial charge in [0.05, 0.1) is 23.6 Å². The van der Waals surface area contributed by atoms with Crippen LogP contribution in [0.1, 0.15) is 66.9 Å². The van der Waals surface area contributed by atoms with Crippen molar-refractivity contribution in [3.05, 3.63) is 70.3 Å². The zero-order valence-electron chi connectivity index (χ0n) is 25.5. The van der Waals surface area contributed by atoms with Crippen LogP contribution in [0.15, 0.2) is 48.6 Å². The van der Waals surface area contributed by atoms with E-state index in [2.05, 4.69) is 21.8 Å². The van der Waals surface area contributed by atoms with E-state index in [1.54, 1.807) is 18.2 Å². The highest BCUT2D eigenvalue weighted by atomic mass is 35.5. The van der Waals surface area contributed by atoms with E-state index in [0.29, 0.717) is 31.9 Å². The zero-order valence-corrected chi connectivity index (χ0v) is 27.1. The number of hydrogen-bond donors (Lipinski definition) is 2. The summed E-state index contributed by atoms with van der Waals surface area (Å²) in [6.07, 6.45) is 8.59. The van der Waals surface area contributed by atoms with E-state index >= 15 is 0 Å². The number of amides is 1. The van der Waals surface area contributed by atoms with Crippen LogP contribution in [-0.2, 0) is 26.6 Å². The maximum atomic E-state index is 13.5. The van der Waals surface area contributed by atoms with E-state index in [1.807, 2.05) is 25.1 Å². The van der Waals surface area contributed by atoms with Gasteiger partial charge in [0.1, 0.15) is 5.75 Å². The maximum absolute atomic E-state index is 13.5. The van der Waals surface area contributed by atoms with Crippen LogP contribution in [0.3, 0.4) is 0 Å². The number of aliphatic hydroxyl groups is 1. The minimum Gasteiger partial charge on any atom is -0.490 e. The molecule has 0 radical (unpaired) electrons. The second-order valence-electron chi connectivity index (χ2n) is 13.3. The number of hydrogen-bond acceptors (Lipinski definition) is 7. The Morgan fingerprint density at radius 3 is 2.80 bits per heavy atom. The summed E-state index contributed by atoms with van der Waals surface area (Å²) in [6, 6.07) is 11.4. The van der Waals surface area contributed by atoms with Gasteiger partial charge in [0.15, 0.2) is 0 Å². The monoisotopic (exact) mass is 642 g/mol. The van der Waals surface area contributed by atoms with Crippen molar-refractivity contribution in [2.24, 2.45) is 17.8 Å². The summed E-state index contributed by atoms with van der Waals surface area (Å²) in [7, 11) is -2.48. The van der Waals surface area contributed by atoms with Gasteiger partial charge in [0.25, 0.3) is 5.91 Å². The second kappa shape index (κ2) is 12.7. The summed E-state index contributed by atoms with van der Waals surface area (Å²) in [5, 5.41) is 11.2. The molecule has 10 heteroatoms. The van der Waals surface area contributed by atoms with Gasteiger partial charge in [-0.2, -0.15) is 0 Å². The molecule has 6 atom stereocenters. The first-order valence-electron chi connectivity index (χ1n) is 15.8. The minimum atomic E-state index is -4.01. The van der Waals surface area contributed by atoms with E-state index in [1.165, 1.54) is 18.2 Å². The van der Waals surface area contributed by atoms with Crippen molar-refractivity contribution >= 4 is 33.2 Å². The highest BCUT2D eigenvalue weighted by molar-refractivity contribution is 7.90. The van der Waals surface area contributed by atoms with Gasteiger partial charge in [0, 0.05) is 42.8 Å². The first-order chi connectivity index (χ1) is 21.1. The molecule has 1 fully saturated rings. The van der Waals surface area contributed by atoms with E-state index < -0.39 is 27.3 Å². The minimum absolute atomic E-state index is 0.104. The summed E-state index contributed by atoms with van der Waals surface area (Å²) < 4.78 is 41.1. The number of aliphatic hydroxyl groups excluding tert-OH is 1. The fourth-order valence-corrected chi connectivity index (χ4v) is 9.37. The summed E-state index contributed by atoms with van der Waals surface area (Å²) in [5.41, 5.74) is 3.27. The number of rotatable bonds is 3. The Morgan fingerprint density at radius 2 is 2.02 bits per heavy atom. The molecular formula is C34H43ClN2O6S. The van der Waals surface area contributed by atoms with Crippen molar-refractivity contribution in [1.29, 1.82) is 0 Å². The number of halogens is 1. The molecule has 6 rings (SSSR count). The molecule has 1 spiro atoms. The smallest absolute Gasteiger partial charge is 0.264 e. The van der Waals surface area contributed by atoms with Crippen molar-refractivity contribution in [3.63, 3.8) is 0 Å². The Bertz CT molecular complexity index is 1530. The number of nitrogens with zero attached hydrogens (tertiary/aromatic N) is 1. The second-order valence-corrected chi connectivity index (χ2v) is 15.7. The molecule has 4 aliphatic rings. The molecule has 44 heavy (non-hydrogen) atoms. The predicted molar refractivity (Wildman–Crippen MR) is 172 cm³/mol. The Balaban J connectivity index is 1.41. The van der Waals surface area contributed by atoms with Crippen molar-refractivity contribution in [3.8, 4) is 5.75 Å². The summed E-state index contributed by atoms with van der Waals surface area (Å²) in [6.45, 7) is 4.07. The normalized spacial score (nSPS) is 32.3. The number of anilines is 1. The first kappa shape index (κ1) is 31.4. The highest BCUT2D eigenvalue weighted by Gasteiger charge is 2.44. The fourth-order valence-electron chi connectivity index (χ4n) is 7.67. The Hall–Kier alpha value is -2.59. The third-order valence-electron chi connectivity index (χ3n) is 10.3. The van der Waals surface area contributed by atoms with Gasteiger partial charge in [-0.3, -0.25) is 4.79 Å². The van der Waals surface area contributed by atoms with E-state index in [9.17, 15) is 18.3 Å². The van der Waals surface area contributed by atoms with Crippen molar-refractivity contribution in [2.75, 3.05) is 38.3 Å². The largest absolute Gasteiger partial charge is 0.490 e. The molecule has 2 N–H and O–H groups in total. The van der Waals surface area contributed by atoms with E-state index in [4.69, 9.17) is 21.1 Å². The Labute approximate surface area is 265 Å². The van der Waals surface area contributed by atoms with Crippen LogP contribution in [0.5, 0.6) is 5.75 Å². The lowest BCUT2D eigenvalue weighted by Gasteiger charge is -2.45. The number of allylic oxidation sites excluding steroid dienone is 1. The van der Waals surface area contributed by atoms with Gasteiger partial charge < -0.3 is 19.5 Å². The number of methoxy groups -OCH3 is 1. The molecule has 8 nitrogen and oxygen atoms in total. The lowest BCUT2D eigenvalue weighted by Crippen LogP contribution is -2.49. The summed E-state index contributed by atoms with van der Waals surface area (Å²) in [4.78, 5) is 15.8. The van der Waals surface area contributed by atoms with Crippen molar-refractivity contribution < 1.29 is 27.8 Å². The SMILES string of the molecule is COCC[C@@H]1C[C@H](C)/C=C\[C@H](O)[C@@H]2CC[C@H]2CN2C[C@@]3(CCCc4cc(Cl)ccc43)COc3ccc(cc32)C(=O)NS1(=O)=O. The predicted octanol–water partition coefficient (Wildman–Crippen LogP) is 5.26. The molecule has 2 aliphatic carbocycles. The molecule has 2 aliphatic heterocycles. The zero-order chi connectivity index (χ0) is 31.1. The van der Waals surface area contributed by atoms with Crippen LogP contribution in [0, 0.1) is 17.8 Å². The van der Waals surface area contributed by atoms with Crippen LogP contribution in [-0.4, -0.2) is 64.2 Å². The van der Waals surface area contributed by atoms with Gasteiger partial charge in [0.2, 0.25) is 10.0 Å². The van der Waals surface area contributed by atoms with Gasteiger partial charge in [-0.05, 0) is 104 Å². The number of sulfonamides is 1. The lowest BCUT2D eigenvalue weighted by atomic mass is 9.68. The number of nitrogens with one attached hydrogen (secondary N) is 1. The molecule has 1 amide bonds. The molecule has 2 aromatic rings. The van der Waals surface area contributed by atoms with Gasteiger partial charge in [-0.1, -0.05) is 36.7 Å². The Morgan fingerprint density at radius 1 is 1.18 bits per heavy atom. The number of ether oxygens (including phenoxy) is 2. The van der Waals surface area contributed by atoms with Crippen LogP contribution >= 0.6 is 11.6 Å². The van der Waals surface area contributed by atoms with Crippen LogP contribution in [0.25, 0.3) is 0 Å². The number of carbonyl (C=O) groups excluding carboxylic acids is 1. The average molecular weight is 643 g/mol. The molecule has 1 saturated carbocycles. The van der Waals surface area contributed by atoms with Gasteiger partial charge in [-0.15, -0.1) is 0 Å². The Kier molecular flexibility index (Phi) is 9.03. The fraction of sp³-hybridized carbons (Fsp3) is 0.559. The standard InChI is InChI=1S/C34H43ClN2O6S/c1-22-5-11-31(38)28-9-6-25(28)19-37-20-34(14-3-4-23-17-26(35)8-10-29(23)34)21-43-32-12-7-24(18-30(32)37)33(39)36-44(40,41)27(16-22)13-15-42-2/h5,7-8,10-12,17-18,22,25,27-28,31,38H,3-4,6,9,13-16,19-21H2,1-2H3,(H,36,39)/b11-5-/t22-,25+,27-,28-,31+,34+/m1/s1. The average Bonchev–Trinajstić information content (AvgIpc) is 3.12. The summed E-state index contributed by atoms with van der Waals surface area (Å²) >= 11 is 6.40. The third kappa shape index (κ3) is 6.26. The van der Waals surface area contributed by atoms with Crippen molar-refractivity contribution in [1.82, 2.24) is 4.72 Å². The molecule has 0 unspecified atom stereocenters. The lowest BCUT2D eigenvalue weighted by molar-refractivity contribution is 0.0454. The van der Waals surface area contributed by atoms with Crippen LogP contribution in [0.4, 0.5) is 5.69 Å². The van der Waals surface area contributed by atoms with Crippen molar-refractivity contribution in [2.45, 2.75) is 68.6 Å². The maximum Gasteiger partial charge on any atom is 0.264 e. The third-order valence-corrected chi connectivity index (χ3v) is 12.3. The van der Waals surface area contributed by atoms with Gasteiger partial charge >= 0.3 is 0 Å². The topological polar surface area (TPSA) is 105 Å². The van der Waals surface area contributed by atoms with Crippen LogP contribution < -0.4 is 14.4 Å². The van der Waals surface area contributed by atoms with Crippen LogP contribution in [0.2, 0.25) is 5.02 Å². The van der Waals surface area contributed by atoms with E-state index in [-0.39, 0.29) is 41.8 Å². The van der Waals surface area contributed by atoms with E-state index in [0.717, 1.165) is 42.8 Å². The highest BCUT2D eigenvalue weighted by Crippen LogP contribution is 2.46. The number of aryl methyl sites for hydroxylation is 1. The van der Waals surface area contributed by atoms with Gasteiger partial charge in [-0.25, -0.2) is 13.1 Å². The molecule has 0 saturated heterocycles. The number of carbonyl (C=O) groups is 1. The summed E-state index contributed by atoms with van der Waals surface area (Å²) in [5.74, 6) is 0.275. The molecule has 2 heterocycles. The molecular weight excluding hydrogens is 600 g/mol. The molecule has 2 bridgehead atoms. The molecule has 2 aromatic carbocycles. The first-order valence-corrected chi connectivity index (χ1v) is 17.7.